The van der Waals surface area contributed by atoms with E-state index >= 15 is 0 Å². The quantitative estimate of drug-likeness (QED) is 0.168. The molecular formula is C53H36N2. The highest BCUT2D eigenvalue weighted by molar-refractivity contribution is 6.14. The lowest BCUT2D eigenvalue weighted by Gasteiger charge is -2.37. The van der Waals surface area contributed by atoms with Crippen molar-refractivity contribution in [2.45, 2.75) is 5.54 Å². The van der Waals surface area contributed by atoms with Crippen molar-refractivity contribution in [2.75, 3.05) is 4.90 Å². The molecule has 1 heterocycles. The summed E-state index contributed by atoms with van der Waals surface area (Å²) in [4.78, 5) is 2.44. The zero-order valence-electron chi connectivity index (χ0n) is 30.2. The van der Waals surface area contributed by atoms with Crippen LogP contribution < -0.4 is 4.90 Å². The van der Waals surface area contributed by atoms with Gasteiger partial charge in [0, 0.05) is 22.1 Å². The smallest absolute Gasteiger partial charge is 0.122 e. The van der Waals surface area contributed by atoms with Crippen LogP contribution in [0.1, 0.15) is 16.7 Å². The summed E-state index contributed by atoms with van der Waals surface area (Å²) in [5, 5.41) is 4.96. The second-order valence-electron chi connectivity index (χ2n) is 14.4. The summed E-state index contributed by atoms with van der Waals surface area (Å²) >= 11 is 0. The summed E-state index contributed by atoms with van der Waals surface area (Å²) in [6.45, 7) is 0. The Kier molecular flexibility index (Phi) is 7.11. The number of nitrogens with zero attached hydrogens (tertiary/aromatic N) is 2. The Morgan fingerprint density at radius 2 is 0.891 bits per heavy atom. The molecule has 11 rings (SSSR count). The largest absolute Gasteiger partial charge is 0.320 e. The fourth-order valence-electron chi connectivity index (χ4n) is 9.37. The van der Waals surface area contributed by atoms with Gasteiger partial charge >= 0.3 is 0 Å². The van der Waals surface area contributed by atoms with Crippen molar-refractivity contribution in [3.05, 3.63) is 235 Å². The number of anilines is 3. The van der Waals surface area contributed by atoms with Crippen LogP contribution in [0.2, 0.25) is 0 Å². The average Bonchev–Trinajstić information content (AvgIpc) is 3.76. The molecule has 10 aromatic rings. The minimum Gasteiger partial charge on any atom is -0.320 e. The highest BCUT2D eigenvalue weighted by Gasteiger charge is 2.48. The molecule has 258 valence electrons. The molecule has 2 heteroatoms. The number of para-hydroxylation sites is 3. The van der Waals surface area contributed by atoms with Gasteiger partial charge in [-0.05, 0) is 86.1 Å². The van der Waals surface area contributed by atoms with Crippen molar-refractivity contribution < 1.29 is 0 Å². The summed E-state index contributed by atoms with van der Waals surface area (Å²) in [5.74, 6) is 0. The number of aromatic nitrogens is 1. The summed E-state index contributed by atoms with van der Waals surface area (Å²) in [6, 6.07) is 80.0. The molecule has 2 nitrogen and oxygen atoms in total. The van der Waals surface area contributed by atoms with Crippen molar-refractivity contribution in [1.29, 1.82) is 0 Å². The highest BCUT2D eigenvalue weighted by Crippen LogP contribution is 2.57. The number of hydrogen-bond acceptors (Lipinski definition) is 1. The van der Waals surface area contributed by atoms with Crippen LogP contribution in [0, 0.1) is 0 Å². The Morgan fingerprint density at radius 1 is 0.364 bits per heavy atom. The number of fused-ring (bicyclic) bond motifs is 7. The normalized spacial score (nSPS) is 12.9. The lowest BCUT2D eigenvalue weighted by molar-refractivity contribution is 0.564. The van der Waals surface area contributed by atoms with Crippen LogP contribution in [0.4, 0.5) is 17.1 Å². The van der Waals surface area contributed by atoms with Gasteiger partial charge in [0.15, 0.2) is 0 Å². The maximum Gasteiger partial charge on any atom is 0.122 e. The molecule has 55 heavy (non-hydrogen) atoms. The molecule has 0 spiro atoms. The molecule has 1 aliphatic carbocycles. The fourth-order valence-corrected chi connectivity index (χ4v) is 9.37. The molecule has 0 amide bonds. The van der Waals surface area contributed by atoms with E-state index in [9.17, 15) is 0 Å². The third-order valence-corrected chi connectivity index (χ3v) is 11.6. The molecule has 0 bridgehead atoms. The molecule has 0 unspecified atom stereocenters. The van der Waals surface area contributed by atoms with E-state index in [0.717, 1.165) is 17.1 Å². The third-order valence-electron chi connectivity index (χ3n) is 11.6. The van der Waals surface area contributed by atoms with Crippen molar-refractivity contribution in [2.24, 2.45) is 0 Å². The maximum absolute atomic E-state index is 2.66. The molecule has 0 saturated heterocycles. The van der Waals surface area contributed by atoms with Gasteiger partial charge in [-0.15, -0.1) is 0 Å². The van der Waals surface area contributed by atoms with Gasteiger partial charge in [0.2, 0.25) is 0 Å². The van der Waals surface area contributed by atoms with E-state index < -0.39 is 5.54 Å². The summed E-state index contributed by atoms with van der Waals surface area (Å²) in [7, 11) is 0. The van der Waals surface area contributed by atoms with E-state index in [2.05, 4.69) is 228 Å². The van der Waals surface area contributed by atoms with Gasteiger partial charge in [0.05, 0.1) is 16.7 Å². The molecular weight excluding hydrogens is 665 g/mol. The standard InChI is InChI=1S/C53H36N2/c1-3-19-39(20-4-1)53(48-29-12-9-24-44(48)45-25-10-13-30-49(45)53)55-50-31-14-11-26-46(50)47-28-16-32-51(52(47)55)54(40-21-5-2-6-22-40)41-35-33-38(34-36-41)43-27-15-18-37-17-7-8-23-42(37)43/h1-36H. The van der Waals surface area contributed by atoms with E-state index in [1.54, 1.807) is 0 Å². The average molecular weight is 701 g/mol. The molecule has 1 aromatic heterocycles. The van der Waals surface area contributed by atoms with Crippen molar-refractivity contribution >= 4 is 49.6 Å². The second-order valence-corrected chi connectivity index (χ2v) is 14.4. The van der Waals surface area contributed by atoms with Crippen LogP contribution in [0.15, 0.2) is 218 Å². The monoisotopic (exact) mass is 700 g/mol. The summed E-state index contributed by atoms with van der Waals surface area (Å²) < 4.78 is 2.66. The van der Waals surface area contributed by atoms with E-state index in [-0.39, 0.29) is 0 Å². The van der Waals surface area contributed by atoms with Gasteiger partial charge in [-0.3, -0.25) is 0 Å². The Bertz CT molecular complexity index is 2980. The van der Waals surface area contributed by atoms with Crippen LogP contribution in [-0.2, 0) is 5.54 Å². The zero-order valence-corrected chi connectivity index (χ0v) is 30.2. The second kappa shape index (κ2) is 12.5. The molecule has 1 aliphatic rings. The van der Waals surface area contributed by atoms with Crippen LogP contribution in [0.3, 0.4) is 0 Å². The number of hydrogen-bond donors (Lipinski definition) is 0. The maximum atomic E-state index is 2.66. The summed E-state index contributed by atoms with van der Waals surface area (Å²) in [6.07, 6.45) is 0. The highest BCUT2D eigenvalue weighted by atomic mass is 15.2. The van der Waals surface area contributed by atoms with E-state index in [0.29, 0.717) is 0 Å². The molecule has 0 N–H and O–H groups in total. The molecule has 0 atom stereocenters. The lowest BCUT2D eigenvalue weighted by Crippen LogP contribution is -2.36. The molecule has 0 aliphatic heterocycles. The molecule has 0 saturated carbocycles. The van der Waals surface area contributed by atoms with Gasteiger partial charge in [0.25, 0.3) is 0 Å². The van der Waals surface area contributed by atoms with Crippen molar-refractivity contribution in [1.82, 2.24) is 4.57 Å². The first kappa shape index (κ1) is 31.4. The lowest BCUT2D eigenvalue weighted by atomic mass is 9.80. The number of rotatable bonds is 6. The Balaban J connectivity index is 1.24. The van der Waals surface area contributed by atoms with Crippen molar-refractivity contribution in [3.8, 4) is 22.3 Å². The Morgan fingerprint density at radius 3 is 1.64 bits per heavy atom. The minimum atomic E-state index is -0.646. The van der Waals surface area contributed by atoms with E-state index in [1.165, 1.54) is 71.5 Å². The predicted molar refractivity (Wildman–Crippen MR) is 231 cm³/mol. The van der Waals surface area contributed by atoms with Crippen LogP contribution in [0.5, 0.6) is 0 Å². The van der Waals surface area contributed by atoms with Gasteiger partial charge in [-0.2, -0.15) is 0 Å². The first-order valence-electron chi connectivity index (χ1n) is 19.0. The first-order valence-corrected chi connectivity index (χ1v) is 19.0. The van der Waals surface area contributed by atoms with Gasteiger partial charge < -0.3 is 9.47 Å². The molecule has 9 aromatic carbocycles. The van der Waals surface area contributed by atoms with E-state index in [1.807, 2.05) is 0 Å². The topological polar surface area (TPSA) is 8.17 Å². The number of benzene rings is 9. The van der Waals surface area contributed by atoms with Gasteiger partial charge in [0.1, 0.15) is 5.54 Å². The summed E-state index contributed by atoms with van der Waals surface area (Å²) in [5.41, 5.74) is 13.8. The van der Waals surface area contributed by atoms with Crippen LogP contribution in [-0.4, -0.2) is 4.57 Å². The zero-order chi connectivity index (χ0) is 36.3. The van der Waals surface area contributed by atoms with Crippen LogP contribution >= 0.6 is 0 Å². The molecule has 0 fully saturated rings. The van der Waals surface area contributed by atoms with Gasteiger partial charge in [-0.25, -0.2) is 0 Å². The van der Waals surface area contributed by atoms with E-state index in [4.69, 9.17) is 0 Å². The Hall–Kier alpha value is -7.16. The van der Waals surface area contributed by atoms with Crippen molar-refractivity contribution in [3.63, 3.8) is 0 Å². The van der Waals surface area contributed by atoms with Gasteiger partial charge in [-0.1, -0.05) is 182 Å². The SMILES string of the molecule is c1ccc(N(c2ccc(-c3cccc4ccccc34)cc2)c2cccc3c4ccccc4n(C4(c5ccccc5)c5ccccc5-c5ccccc54)c23)cc1. The fraction of sp³-hybridized carbons (Fsp3) is 0.0189. The minimum absolute atomic E-state index is 0.646. The third kappa shape index (κ3) is 4.62. The van der Waals surface area contributed by atoms with Crippen LogP contribution in [0.25, 0.3) is 54.8 Å². The molecule has 0 radical (unpaired) electrons. The first-order chi connectivity index (χ1) is 27.3. The Labute approximate surface area is 320 Å². The predicted octanol–water partition coefficient (Wildman–Crippen LogP) is 13.9.